The van der Waals surface area contributed by atoms with E-state index < -0.39 is 0 Å². The van der Waals surface area contributed by atoms with Crippen LogP contribution in [0.3, 0.4) is 0 Å². The maximum Gasteiger partial charge on any atom is 0.104 e. The largest absolute Gasteiger partial charge is 0.384 e. The molecule has 0 radical (unpaired) electrons. The monoisotopic (exact) mass is 269 g/mol. The Morgan fingerprint density at radius 3 is 3.00 bits per heavy atom. The molecule has 1 aromatic carbocycles. The number of benzene rings is 1. The van der Waals surface area contributed by atoms with Gasteiger partial charge in [0.05, 0.1) is 0 Å². The molecule has 1 aliphatic carbocycles. The lowest BCUT2D eigenvalue weighted by Crippen LogP contribution is -2.34. The van der Waals surface area contributed by atoms with Crippen LogP contribution in [0.1, 0.15) is 43.2 Å². The van der Waals surface area contributed by atoms with E-state index in [9.17, 15) is 0 Å². The van der Waals surface area contributed by atoms with E-state index in [1.54, 1.807) is 0 Å². The van der Waals surface area contributed by atoms with E-state index in [0.717, 1.165) is 24.1 Å². The topological polar surface area (TPSA) is 23.5 Å². The first-order valence-electron chi connectivity index (χ1n) is 7.79. The van der Waals surface area contributed by atoms with E-state index >= 15 is 0 Å². The summed E-state index contributed by atoms with van der Waals surface area (Å²) in [4.78, 5) is 2.67. The minimum absolute atomic E-state index is 0.0693. The first kappa shape index (κ1) is 13.7. The fourth-order valence-electron chi connectivity index (χ4n) is 3.82. The highest BCUT2D eigenvalue weighted by molar-refractivity contribution is 5.37. The highest BCUT2D eigenvalue weighted by Gasteiger charge is 2.35. The Labute approximate surface area is 121 Å². The molecule has 3 rings (SSSR count). The van der Waals surface area contributed by atoms with Crippen LogP contribution in [-0.2, 0) is 6.54 Å². The number of aliphatic hydroxyl groups excluding tert-OH is 1. The number of fused-ring (bicyclic) bond motifs is 1. The Balaban J connectivity index is 1.68. The first-order chi connectivity index (χ1) is 9.86. The van der Waals surface area contributed by atoms with Crippen LogP contribution in [0.25, 0.3) is 0 Å². The predicted octanol–water partition coefficient (Wildman–Crippen LogP) is 2.79. The van der Waals surface area contributed by atoms with Crippen molar-refractivity contribution >= 4 is 0 Å². The highest BCUT2D eigenvalue weighted by Crippen LogP contribution is 2.36. The zero-order valence-electron chi connectivity index (χ0n) is 12.0. The molecule has 2 heteroatoms. The molecule has 1 aliphatic heterocycles. The fourth-order valence-corrected chi connectivity index (χ4v) is 3.82. The molecule has 2 nitrogen and oxygen atoms in total. The van der Waals surface area contributed by atoms with Crippen LogP contribution in [0.4, 0.5) is 0 Å². The second-order valence-electron chi connectivity index (χ2n) is 6.03. The molecule has 1 heterocycles. The Kier molecular flexibility index (Phi) is 4.40. The second-order valence-corrected chi connectivity index (χ2v) is 6.03. The summed E-state index contributed by atoms with van der Waals surface area (Å²) in [5.74, 6) is 6.67. The van der Waals surface area contributed by atoms with Crippen molar-refractivity contribution in [2.24, 2.45) is 5.92 Å². The molecule has 0 aromatic heterocycles. The van der Waals surface area contributed by atoms with Gasteiger partial charge >= 0.3 is 0 Å². The molecule has 2 unspecified atom stereocenters. The zero-order chi connectivity index (χ0) is 13.8. The summed E-state index contributed by atoms with van der Waals surface area (Å²) in [6, 6.07) is 9.26. The van der Waals surface area contributed by atoms with E-state index in [4.69, 9.17) is 5.11 Å². The molecule has 20 heavy (non-hydrogen) atoms. The van der Waals surface area contributed by atoms with Crippen molar-refractivity contribution in [3.05, 3.63) is 35.4 Å². The number of hydrogen-bond donors (Lipinski definition) is 1. The summed E-state index contributed by atoms with van der Waals surface area (Å²) in [5.41, 5.74) is 2.36. The van der Waals surface area contributed by atoms with Crippen LogP contribution in [0.5, 0.6) is 0 Å². The first-order valence-corrected chi connectivity index (χ1v) is 7.79. The van der Waals surface area contributed by atoms with Crippen LogP contribution in [0, 0.1) is 17.8 Å². The Bertz CT molecular complexity index is 514. The average Bonchev–Trinajstić information content (AvgIpc) is 2.89. The van der Waals surface area contributed by atoms with Gasteiger partial charge in [-0.25, -0.2) is 0 Å². The van der Waals surface area contributed by atoms with Crippen LogP contribution >= 0.6 is 0 Å². The van der Waals surface area contributed by atoms with Gasteiger partial charge in [0, 0.05) is 18.2 Å². The van der Waals surface area contributed by atoms with Crippen molar-refractivity contribution in [2.45, 2.75) is 44.7 Å². The van der Waals surface area contributed by atoms with Gasteiger partial charge in [0.15, 0.2) is 0 Å². The number of likely N-dealkylation sites (tertiary alicyclic amines) is 1. The lowest BCUT2D eigenvalue weighted by molar-refractivity contribution is 0.176. The molecule has 0 amide bonds. The number of hydrogen-bond acceptors (Lipinski definition) is 2. The van der Waals surface area contributed by atoms with Gasteiger partial charge < -0.3 is 5.11 Å². The van der Waals surface area contributed by atoms with Crippen LogP contribution < -0.4 is 0 Å². The minimum atomic E-state index is -0.0693. The zero-order valence-corrected chi connectivity index (χ0v) is 12.0. The Morgan fingerprint density at radius 1 is 1.20 bits per heavy atom. The second kappa shape index (κ2) is 6.43. The van der Waals surface area contributed by atoms with Gasteiger partial charge in [0.25, 0.3) is 0 Å². The molecule has 1 saturated heterocycles. The smallest absolute Gasteiger partial charge is 0.104 e. The number of rotatable bonds is 2. The standard InChI is InChI=1S/C18H23NO/c20-12-4-7-15-5-3-6-16(13-15)14-19-11-10-17-8-1-2-9-18(17)19/h3,5-6,13,17-18,20H,1-2,8-12,14H2. The summed E-state index contributed by atoms with van der Waals surface area (Å²) in [5, 5.41) is 8.77. The quantitative estimate of drug-likeness (QED) is 0.835. The molecule has 0 spiro atoms. The molecule has 1 aromatic rings. The fraction of sp³-hybridized carbons (Fsp3) is 0.556. The van der Waals surface area contributed by atoms with Gasteiger partial charge in [-0.1, -0.05) is 36.8 Å². The molecule has 2 aliphatic rings. The van der Waals surface area contributed by atoms with Crippen molar-refractivity contribution < 1.29 is 5.11 Å². The van der Waals surface area contributed by atoms with E-state index in [0.29, 0.717) is 0 Å². The Hall–Kier alpha value is -1.30. The maximum atomic E-state index is 8.77. The van der Waals surface area contributed by atoms with Crippen LogP contribution in [0.2, 0.25) is 0 Å². The SMILES string of the molecule is OCC#Cc1cccc(CN2CCC3CCCCC32)c1. The van der Waals surface area contributed by atoms with E-state index in [1.807, 2.05) is 6.07 Å². The molecule has 1 saturated carbocycles. The van der Waals surface area contributed by atoms with Crippen molar-refractivity contribution in [2.75, 3.05) is 13.2 Å². The van der Waals surface area contributed by atoms with Gasteiger partial charge in [-0.3, -0.25) is 4.90 Å². The summed E-state index contributed by atoms with van der Waals surface area (Å²) >= 11 is 0. The molecule has 2 fully saturated rings. The maximum absolute atomic E-state index is 8.77. The van der Waals surface area contributed by atoms with Crippen molar-refractivity contribution in [3.63, 3.8) is 0 Å². The lowest BCUT2D eigenvalue weighted by atomic mass is 9.85. The van der Waals surface area contributed by atoms with E-state index in [1.165, 1.54) is 44.2 Å². The molecule has 0 bridgehead atoms. The average molecular weight is 269 g/mol. The predicted molar refractivity (Wildman–Crippen MR) is 81.2 cm³/mol. The summed E-state index contributed by atoms with van der Waals surface area (Å²) in [6.45, 7) is 2.23. The highest BCUT2D eigenvalue weighted by atomic mass is 16.2. The summed E-state index contributed by atoms with van der Waals surface area (Å²) in [6.07, 6.45) is 7.04. The molecule has 2 atom stereocenters. The molecular formula is C18H23NO. The molecule has 1 N–H and O–H groups in total. The summed E-state index contributed by atoms with van der Waals surface area (Å²) in [7, 11) is 0. The summed E-state index contributed by atoms with van der Waals surface area (Å²) < 4.78 is 0. The van der Waals surface area contributed by atoms with Gasteiger partial charge in [-0.05, 0) is 49.4 Å². The number of nitrogens with zero attached hydrogens (tertiary/aromatic N) is 1. The Morgan fingerprint density at radius 2 is 2.10 bits per heavy atom. The van der Waals surface area contributed by atoms with Gasteiger partial charge in [0.1, 0.15) is 6.61 Å². The lowest BCUT2D eigenvalue weighted by Gasteiger charge is -2.31. The molecular weight excluding hydrogens is 246 g/mol. The van der Waals surface area contributed by atoms with E-state index in [2.05, 4.69) is 34.9 Å². The van der Waals surface area contributed by atoms with Crippen molar-refractivity contribution in [3.8, 4) is 11.8 Å². The third-order valence-corrected chi connectivity index (χ3v) is 4.75. The van der Waals surface area contributed by atoms with Gasteiger partial charge in [-0.15, -0.1) is 0 Å². The number of aliphatic hydroxyl groups is 1. The van der Waals surface area contributed by atoms with Crippen LogP contribution in [-0.4, -0.2) is 29.2 Å². The van der Waals surface area contributed by atoms with Gasteiger partial charge in [0.2, 0.25) is 0 Å². The third kappa shape index (κ3) is 3.06. The normalized spacial score (nSPS) is 25.9. The van der Waals surface area contributed by atoms with Gasteiger partial charge in [-0.2, -0.15) is 0 Å². The minimum Gasteiger partial charge on any atom is -0.384 e. The van der Waals surface area contributed by atoms with Crippen LogP contribution in [0.15, 0.2) is 24.3 Å². The van der Waals surface area contributed by atoms with Crippen molar-refractivity contribution in [1.29, 1.82) is 0 Å². The van der Waals surface area contributed by atoms with Crippen molar-refractivity contribution in [1.82, 2.24) is 4.90 Å². The molecule has 106 valence electrons. The third-order valence-electron chi connectivity index (χ3n) is 4.75. The van der Waals surface area contributed by atoms with E-state index in [-0.39, 0.29) is 6.61 Å².